The molecule has 168 valence electrons. The van der Waals surface area contributed by atoms with Gasteiger partial charge in [0.05, 0.1) is 29.4 Å². The smallest absolute Gasteiger partial charge is 0.256 e. The number of ether oxygens (including phenoxy) is 1. The average Bonchev–Trinajstić information content (AvgIpc) is 2.75. The number of carbonyl (C=O) groups is 1. The number of benzene rings is 2. The zero-order valence-corrected chi connectivity index (χ0v) is 18.5. The van der Waals surface area contributed by atoms with Crippen LogP contribution >= 0.6 is 0 Å². The lowest BCUT2D eigenvalue weighted by atomic mass is 10.2. The monoisotopic (exact) mass is 470 g/mol. The Hall–Kier alpha value is -2.34. The van der Waals surface area contributed by atoms with Gasteiger partial charge < -0.3 is 10.1 Å². The number of amides is 1. The Labute approximate surface area is 181 Å². The largest absolute Gasteiger partial charge is 0.379 e. The van der Waals surface area contributed by atoms with Gasteiger partial charge in [0.15, 0.2) is 9.84 Å². The molecule has 1 N–H and O–H groups in total. The molecule has 11 heteroatoms. The first-order valence-corrected chi connectivity index (χ1v) is 12.8. The van der Waals surface area contributed by atoms with Crippen LogP contribution in [0.15, 0.2) is 52.3 Å². The van der Waals surface area contributed by atoms with Crippen LogP contribution in [0.4, 0.5) is 10.1 Å². The molecule has 1 saturated heterocycles. The highest BCUT2D eigenvalue weighted by atomic mass is 32.2. The third-order valence-corrected chi connectivity index (χ3v) is 8.60. The van der Waals surface area contributed by atoms with Crippen LogP contribution in [0.3, 0.4) is 0 Å². The maximum absolute atomic E-state index is 14.4. The minimum Gasteiger partial charge on any atom is -0.379 e. The Bertz CT molecular complexity index is 1180. The number of hydrogen-bond acceptors (Lipinski definition) is 6. The molecule has 3 rings (SSSR count). The average molecular weight is 471 g/mol. The summed E-state index contributed by atoms with van der Waals surface area (Å²) in [4.78, 5) is 12.1. The fraction of sp³-hybridized carbons (Fsp3) is 0.350. The number of sulfone groups is 1. The minimum atomic E-state index is -4.12. The fourth-order valence-electron chi connectivity index (χ4n) is 3.21. The van der Waals surface area contributed by atoms with Crippen LogP contribution in [0.25, 0.3) is 0 Å². The van der Waals surface area contributed by atoms with Crippen molar-refractivity contribution in [2.24, 2.45) is 0 Å². The number of rotatable bonds is 7. The minimum absolute atomic E-state index is 0.0286. The van der Waals surface area contributed by atoms with E-state index in [1.54, 1.807) is 6.92 Å². The van der Waals surface area contributed by atoms with E-state index in [2.05, 4.69) is 5.32 Å². The van der Waals surface area contributed by atoms with Crippen molar-refractivity contribution in [3.63, 3.8) is 0 Å². The van der Waals surface area contributed by atoms with E-state index in [0.29, 0.717) is 6.42 Å². The summed E-state index contributed by atoms with van der Waals surface area (Å²) >= 11 is 0. The molecule has 1 aliphatic heterocycles. The van der Waals surface area contributed by atoms with E-state index in [9.17, 15) is 26.0 Å². The van der Waals surface area contributed by atoms with Crippen molar-refractivity contribution in [3.8, 4) is 0 Å². The molecule has 0 bridgehead atoms. The van der Waals surface area contributed by atoms with Gasteiger partial charge in [-0.05, 0) is 36.8 Å². The van der Waals surface area contributed by atoms with Crippen LogP contribution in [0.1, 0.15) is 23.7 Å². The molecule has 0 aliphatic carbocycles. The van der Waals surface area contributed by atoms with Crippen LogP contribution in [0, 0.1) is 5.82 Å². The Balaban J connectivity index is 1.91. The van der Waals surface area contributed by atoms with E-state index in [-0.39, 0.29) is 48.2 Å². The molecule has 31 heavy (non-hydrogen) atoms. The molecular weight excluding hydrogens is 447 g/mol. The highest BCUT2D eigenvalue weighted by molar-refractivity contribution is 7.91. The summed E-state index contributed by atoms with van der Waals surface area (Å²) in [5.74, 6) is -1.80. The molecular formula is C20H23FN2O6S2. The van der Waals surface area contributed by atoms with Crippen molar-refractivity contribution in [1.29, 1.82) is 0 Å². The van der Waals surface area contributed by atoms with Gasteiger partial charge >= 0.3 is 0 Å². The number of nitrogens with zero attached hydrogens (tertiary/aromatic N) is 1. The second-order valence-corrected chi connectivity index (χ2v) is 10.9. The quantitative estimate of drug-likeness (QED) is 0.665. The Morgan fingerprint density at radius 3 is 2.42 bits per heavy atom. The molecule has 2 aromatic rings. The van der Waals surface area contributed by atoms with Gasteiger partial charge in [-0.2, -0.15) is 4.31 Å². The zero-order valence-electron chi connectivity index (χ0n) is 16.9. The van der Waals surface area contributed by atoms with Crippen molar-refractivity contribution in [2.45, 2.75) is 23.1 Å². The molecule has 1 fully saturated rings. The van der Waals surface area contributed by atoms with Gasteiger partial charge in [-0.25, -0.2) is 21.2 Å². The Kier molecular flexibility index (Phi) is 7.10. The van der Waals surface area contributed by atoms with Gasteiger partial charge in [0.25, 0.3) is 5.91 Å². The third-order valence-electron chi connectivity index (χ3n) is 4.72. The summed E-state index contributed by atoms with van der Waals surface area (Å²) in [5.41, 5.74) is -0.0428. The van der Waals surface area contributed by atoms with E-state index in [4.69, 9.17) is 4.74 Å². The van der Waals surface area contributed by atoms with Gasteiger partial charge in [0, 0.05) is 18.8 Å². The number of nitrogens with one attached hydrogen (secondary N) is 1. The number of morpholine rings is 1. The summed E-state index contributed by atoms with van der Waals surface area (Å²) in [6.45, 7) is 2.33. The van der Waals surface area contributed by atoms with Crippen molar-refractivity contribution in [1.82, 2.24) is 4.31 Å². The molecule has 0 radical (unpaired) electrons. The molecule has 0 saturated carbocycles. The second-order valence-electron chi connectivity index (χ2n) is 6.93. The Morgan fingerprint density at radius 2 is 1.74 bits per heavy atom. The van der Waals surface area contributed by atoms with Crippen molar-refractivity contribution < 1.29 is 30.8 Å². The zero-order chi connectivity index (χ0) is 22.6. The normalized spacial score (nSPS) is 15.5. The second kappa shape index (κ2) is 9.43. The molecule has 2 aromatic carbocycles. The molecule has 1 heterocycles. The summed E-state index contributed by atoms with van der Waals surface area (Å²) in [6.07, 6.45) is 0.388. The molecule has 0 spiro atoms. The molecule has 8 nitrogen and oxygen atoms in total. The highest BCUT2D eigenvalue weighted by Crippen LogP contribution is 2.25. The Morgan fingerprint density at radius 1 is 1.06 bits per heavy atom. The van der Waals surface area contributed by atoms with Crippen LogP contribution in [-0.4, -0.2) is 59.1 Å². The maximum atomic E-state index is 14.4. The van der Waals surface area contributed by atoms with Gasteiger partial charge in [-0.15, -0.1) is 0 Å². The van der Waals surface area contributed by atoms with Crippen LogP contribution < -0.4 is 5.32 Å². The summed E-state index contributed by atoms with van der Waals surface area (Å²) in [6, 6.07) is 8.95. The highest BCUT2D eigenvalue weighted by Gasteiger charge is 2.29. The van der Waals surface area contributed by atoms with E-state index in [1.807, 2.05) is 0 Å². The van der Waals surface area contributed by atoms with Crippen LogP contribution in [0.2, 0.25) is 0 Å². The number of anilines is 1. The first-order valence-electron chi connectivity index (χ1n) is 9.67. The van der Waals surface area contributed by atoms with Gasteiger partial charge in [0.2, 0.25) is 10.0 Å². The topological polar surface area (TPSA) is 110 Å². The van der Waals surface area contributed by atoms with Crippen LogP contribution in [0.5, 0.6) is 0 Å². The van der Waals surface area contributed by atoms with E-state index in [1.165, 1.54) is 30.3 Å². The fourth-order valence-corrected chi connectivity index (χ4v) is 6.24. The summed E-state index contributed by atoms with van der Waals surface area (Å²) in [5, 5.41) is 2.48. The lowest BCUT2D eigenvalue weighted by Gasteiger charge is -2.26. The number of hydrogen-bond donors (Lipinski definition) is 1. The lowest BCUT2D eigenvalue weighted by molar-refractivity contribution is 0.0729. The summed E-state index contributed by atoms with van der Waals surface area (Å²) < 4.78 is 71.2. The standard InChI is InChI=1S/C20H23FN2O6S2/c1-2-13-30(25,26)18-6-4-3-5-16(18)20(24)22-15-7-8-17(21)19(14-15)31(27,28)23-9-11-29-12-10-23/h3-8,14H,2,9-13H2,1H3,(H,22,24). The van der Waals surface area contributed by atoms with Crippen LogP contribution in [-0.2, 0) is 24.6 Å². The molecule has 0 atom stereocenters. The van der Waals surface area contributed by atoms with Gasteiger partial charge in [-0.3, -0.25) is 4.79 Å². The summed E-state index contributed by atoms with van der Waals surface area (Å²) in [7, 11) is -7.79. The molecule has 1 amide bonds. The van der Waals surface area contributed by atoms with Crippen molar-refractivity contribution >= 4 is 31.5 Å². The number of carbonyl (C=O) groups excluding carboxylic acids is 1. The van der Waals surface area contributed by atoms with Gasteiger partial charge in [0.1, 0.15) is 10.7 Å². The van der Waals surface area contributed by atoms with E-state index >= 15 is 0 Å². The van der Waals surface area contributed by atoms with Gasteiger partial charge in [-0.1, -0.05) is 19.1 Å². The third kappa shape index (κ3) is 5.12. The predicted octanol–water partition coefficient (Wildman–Crippen LogP) is 2.28. The van der Waals surface area contributed by atoms with Crippen molar-refractivity contribution in [3.05, 3.63) is 53.8 Å². The number of halogens is 1. The molecule has 1 aliphatic rings. The molecule has 0 aromatic heterocycles. The predicted molar refractivity (Wildman–Crippen MR) is 113 cm³/mol. The number of sulfonamides is 1. The van der Waals surface area contributed by atoms with E-state index < -0.39 is 36.5 Å². The van der Waals surface area contributed by atoms with Crippen molar-refractivity contribution in [2.75, 3.05) is 37.4 Å². The SMILES string of the molecule is CCCS(=O)(=O)c1ccccc1C(=O)Nc1ccc(F)c(S(=O)(=O)N2CCOCC2)c1. The first-order chi connectivity index (χ1) is 14.7. The maximum Gasteiger partial charge on any atom is 0.256 e. The first kappa shape index (κ1) is 23.3. The lowest BCUT2D eigenvalue weighted by Crippen LogP contribution is -2.40. The molecule has 0 unspecified atom stereocenters. The van der Waals surface area contributed by atoms with E-state index in [0.717, 1.165) is 16.4 Å².